The lowest BCUT2D eigenvalue weighted by Gasteiger charge is -2.36. The molecule has 12 rings (SSSR count). The molecule has 290 valence electrons. The molecule has 8 aromatic carbocycles. The van der Waals surface area contributed by atoms with E-state index in [4.69, 9.17) is 19.4 Å². The number of para-hydroxylation sites is 1. The van der Waals surface area contributed by atoms with Gasteiger partial charge in [0.1, 0.15) is 11.2 Å². The Morgan fingerprint density at radius 2 is 0.803 bits per heavy atom. The van der Waals surface area contributed by atoms with E-state index in [0.717, 1.165) is 49.8 Å². The largest absolute Gasteiger partial charge is 0.456 e. The first-order chi connectivity index (χ1) is 30.2. The summed E-state index contributed by atoms with van der Waals surface area (Å²) >= 11 is 0. The summed E-state index contributed by atoms with van der Waals surface area (Å²) in [7, 11) is 0. The van der Waals surface area contributed by atoms with Gasteiger partial charge in [0, 0.05) is 32.9 Å². The number of aromatic nitrogens is 3. The molecule has 2 aromatic heterocycles. The molecule has 2 aliphatic rings. The maximum absolute atomic E-state index is 6.15. The Kier molecular flexibility index (Phi) is 8.38. The summed E-state index contributed by atoms with van der Waals surface area (Å²) in [4.78, 5) is 15.3. The summed E-state index contributed by atoms with van der Waals surface area (Å²) < 4.78 is 6.15. The van der Waals surface area contributed by atoms with Crippen molar-refractivity contribution < 1.29 is 4.42 Å². The van der Waals surface area contributed by atoms with E-state index < -0.39 is 0 Å². The maximum atomic E-state index is 6.15. The van der Waals surface area contributed by atoms with Crippen LogP contribution in [0.15, 0.2) is 192 Å². The average Bonchev–Trinajstić information content (AvgIpc) is 3.84. The molecule has 0 aliphatic heterocycles. The van der Waals surface area contributed by atoms with Gasteiger partial charge in [-0.3, -0.25) is 0 Å². The molecule has 2 heterocycles. The third kappa shape index (κ3) is 6.09. The Labute approximate surface area is 355 Å². The van der Waals surface area contributed by atoms with Gasteiger partial charge in [-0.25, -0.2) is 15.0 Å². The van der Waals surface area contributed by atoms with Gasteiger partial charge in [-0.1, -0.05) is 177 Å². The molecule has 61 heavy (non-hydrogen) atoms. The van der Waals surface area contributed by atoms with E-state index >= 15 is 0 Å². The van der Waals surface area contributed by atoms with Crippen molar-refractivity contribution in [1.29, 1.82) is 0 Å². The van der Waals surface area contributed by atoms with Gasteiger partial charge in [0.05, 0.1) is 0 Å². The second kappa shape index (κ2) is 14.4. The van der Waals surface area contributed by atoms with Crippen LogP contribution in [0.2, 0.25) is 0 Å². The van der Waals surface area contributed by atoms with Crippen molar-refractivity contribution >= 4 is 21.9 Å². The zero-order valence-electron chi connectivity index (χ0n) is 33.7. The highest BCUT2D eigenvalue weighted by Gasteiger charge is 2.43. The molecule has 10 aromatic rings. The van der Waals surface area contributed by atoms with E-state index in [1.807, 2.05) is 36.4 Å². The monoisotopic (exact) mass is 783 g/mol. The van der Waals surface area contributed by atoms with Gasteiger partial charge in [-0.2, -0.15) is 0 Å². The van der Waals surface area contributed by atoms with Crippen LogP contribution in [0.25, 0.3) is 101 Å². The van der Waals surface area contributed by atoms with E-state index in [9.17, 15) is 0 Å². The van der Waals surface area contributed by atoms with E-state index in [0.29, 0.717) is 17.5 Å². The molecule has 0 bridgehead atoms. The fourth-order valence-corrected chi connectivity index (χ4v) is 10.1. The van der Waals surface area contributed by atoms with Gasteiger partial charge in [-0.15, -0.1) is 0 Å². The fourth-order valence-electron chi connectivity index (χ4n) is 10.1. The molecule has 2 aliphatic carbocycles. The molecular weight excluding hydrogens is 743 g/mol. The second-order valence-electron chi connectivity index (χ2n) is 16.7. The van der Waals surface area contributed by atoms with Gasteiger partial charge >= 0.3 is 0 Å². The van der Waals surface area contributed by atoms with Gasteiger partial charge in [-0.05, 0) is 98.8 Å². The zero-order valence-corrected chi connectivity index (χ0v) is 33.7. The topological polar surface area (TPSA) is 51.8 Å². The Morgan fingerprint density at radius 3 is 1.48 bits per heavy atom. The average molecular weight is 784 g/mol. The fraction of sp³-hybridized carbons (Fsp3) is 0.105. The normalized spacial score (nSPS) is 14.0. The predicted octanol–water partition coefficient (Wildman–Crippen LogP) is 15.0. The molecule has 0 N–H and O–H groups in total. The highest BCUT2D eigenvalue weighted by atomic mass is 16.3. The molecule has 4 heteroatoms. The van der Waals surface area contributed by atoms with Crippen molar-refractivity contribution in [2.45, 2.75) is 37.5 Å². The van der Waals surface area contributed by atoms with Crippen LogP contribution >= 0.6 is 0 Å². The number of hydrogen-bond acceptors (Lipinski definition) is 4. The Hall–Kier alpha value is -7.43. The van der Waals surface area contributed by atoms with Crippen molar-refractivity contribution in [3.05, 3.63) is 199 Å². The first kappa shape index (κ1) is 35.5. The molecule has 1 fully saturated rings. The minimum Gasteiger partial charge on any atom is -0.456 e. The SMILES string of the molecule is c1ccc(-c2ccc(-c3nc(-c4ccc(-c5ccc(-c6ccc7c(c6)C6(CCCCC6)c6ccccc6-7)cc5)cc4)nc(-c4ccc5oc6ccccc6c5c4)n3)cc2)cc1. The van der Waals surface area contributed by atoms with Crippen molar-refractivity contribution in [3.63, 3.8) is 0 Å². The molecule has 1 spiro atoms. The molecule has 0 unspecified atom stereocenters. The smallest absolute Gasteiger partial charge is 0.164 e. The molecule has 0 amide bonds. The minimum atomic E-state index is 0.150. The van der Waals surface area contributed by atoms with Crippen LogP contribution in [-0.2, 0) is 5.41 Å². The second-order valence-corrected chi connectivity index (χ2v) is 16.7. The number of rotatable bonds is 6. The number of benzene rings is 8. The van der Waals surface area contributed by atoms with Crippen LogP contribution in [-0.4, -0.2) is 15.0 Å². The first-order valence-electron chi connectivity index (χ1n) is 21.5. The Morgan fingerprint density at radius 1 is 0.328 bits per heavy atom. The maximum Gasteiger partial charge on any atom is 0.164 e. The van der Waals surface area contributed by atoms with Gasteiger partial charge in [0.2, 0.25) is 0 Å². The number of fused-ring (bicyclic) bond motifs is 8. The van der Waals surface area contributed by atoms with E-state index in [1.165, 1.54) is 76.6 Å². The summed E-state index contributed by atoms with van der Waals surface area (Å²) in [5, 5.41) is 2.11. The quantitative estimate of drug-likeness (QED) is 0.169. The van der Waals surface area contributed by atoms with E-state index in [2.05, 4.69) is 152 Å². The van der Waals surface area contributed by atoms with Crippen LogP contribution in [0.1, 0.15) is 43.2 Å². The molecular formula is C57H41N3O. The number of hydrogen-bond donors (Lipinski definition) is 0. The highest BCUT2D eigenvalue weighted by molar-refractivity contribution is 6.06. The number of furan rings is 1. The summed E-state index contributed by atoms with van der Waals surface area (Å²) in [5.74, 6) is 1.87. The standard InChI is InChI=1S/C57H41N3O/c1-3-11-37(12-4-1)38-21-25-42(26-22-38)54-58-55(60-56(59-54)45-30-32-53-49(35-45)48-14-6-8-16-52(48)61-53)43-27-23-40(24-28-43)39-17-19-41(20-18-39)44-29-31-47-46-13-5-7-15-50(46)57(51(47)36-44)33-9-2-10-34-57/h1,3-8,11-32,35-36H,2,9-10,33-34H2. The van der Waals surface area contributed by atoms with Crippen LogP contribution in [0.5, 0.6) is 0 Å². The first-order valence-corrected chi connectivity index (χ1v) is 21.5. The van der Waals surface area contributed by atoms with Gasteiger partial charge < -0.3 is 4.42 Å². The zero-order chi connectivity index (χ0) is 40.3. The lowest BCUT2D eigenvalue weighted by molar-refractivity contribution is 0.353. The van der Waals surface area contributed by atoms with E-state index in [-0.39, 0.29) is 5.41 Å². The third-order valence-corrected chi connectivity index (χ3v) is 13.2. The lowest BCUT2D eigenvalue weighted by atomic mass is 9.67. The molecule has 0 radical (unpaired) electrons. The minimum absolute atomic E-state index is 0.150. The lowest BCUT2D eigenvalue weighted by Crippen LogP contribution is -2.28. The Bertz CT molecular complexity index is 3250. The summed E-state index contributed by atoms with van der Waals surface area (Å²) in [5.41, 5.74) is 17.7. The summed E-state index contributed by atoms with van der Waals surface area (Å²) in [6.07, 6.45) is 6.41. The predicted molar refractivity (Wildman–Crippen MR) is 249 cm³/mol. The number of nitrogens with zero attached hydrogens (tertiary/aromatic N) is 3. The Balaban J connectivity index is 0.875. The van der Waals surface area contributed by atoms with Crippen molar-refractivity contribution in [2.24, 2.45) is 0 Å². The van der Waals surface area contributed by atoms with Gasteiger partial charge in [0.25, 0.3) is 0 Å². The molecule has 4 nitrogen and oxygen atoms in total. The van der Waals surface area contributed by atoms with Crippen LogP contribution in [0.3, 0.4) is 0 Å². The van der Waals surface area contributed by atoms with Crippen LogP contribution < -0.4 is 0 Å². The van der Waals surface area contributed by atoms with Crippen LogP contribution in [0.4, 0.5) is 0 Å². The molecule has 0 atom stereocenters. The third-order valence-electron chi connectivity index (χ3n) is 13.2. The van der Waals surface area contributed by atoms with Crippen molar-refractivity contribution in [3.8, 4) is 78.7 Å². The highest BCUT2D eigenvalue weighted by Crippen LogP contribution is 2.56. The van der Waals surface area contributed by atoms with Gasteiger partial charge in [0.15, 0.2) is 17.5 Å². The van der Waals surface area contributed by atoms with Crippen molar-refractivity contribution in [2.75, 3.05) is 0 Å². The summed E-state index contributed by atoms with van der Waals surface area (Å²) in [6.45, 7) is 0. The van der Waals surface area contributed by atoms with E-state index in [1.54, 1.807) is 0 Å². The van der Waals surface area contributed by atoms with Crippen LogP contribution in [0, 0.1) is 0 Å². The summed E-state index contributed by atoms with van der Waals surface area (Å²) in [6, 6.07) is 67.1. The molecule has 0 saturated heterocycles. The van der Waals surface area contributed by atoms with Crippen molar-refractivity contribution in [1.82, 2.24) is 15.0 Å². The molecule has 1 saturated carbocycles.